The van der Waals surface area contributed by atoms with Gasteiger partial charge >= 0.3 is 0 Å². The number of rotatable bonds is 4. The maximum Gasteiger partial charge on any atom is 0.192 e. The summed E-state index contributed by atoms with van der Waals surface area (Å²) in [5.74, 6) is 0. The van der Waals surface area contributed by atoms with Gasteiger partial charge in [-0.3, -0.25) is 0 Å². The summed E-state index contributed by atoms with van der Waals surface area (Å²) in [5.41, 5.74) is 0. The summed E-state index contributed by atoms with van der Waals surface area (Å²) in [6.07, 6.45) is -2.78. The molecule has 0 aromatic heterocycles. The Balaban J connectivity index is 2.68. The SMILES string of the molecule is CO[C@H]1O[C@H](CO[Si](C)(C)C(C)(C)C)[C@@H](O)[C@@H](I)[C@H]1O. The van der Waals surface area contributed by atoms with Crippen LogP contribution in [0.1, 0.15) is 20.8 Å². The van der Waals surface area contributed by atoms with Crippen LogP contribution in [0, 0.1) is 0 Å². The number of hydrogen-bond donors (Lipinski definition) is 2. The Bertz CT molecular complexity index is 318. The van der Waals surface area contributed by atoms with Crippen LogP contribution < -0.4 is 0 Å². The van der Waals surface area contributed by atoms with Crippen LogP contribution in [-0.4, -0.2) is 60.8 Å². The summed E-state index contributed by atoms with van der Waals surface area (Å²) >= 11 is 2.04. The lowest BCUT2D eigenvalue weighted by Crippen LogP contribution is -2.57. The maximum absolute atomic E-state index is 10.2. The lowest BCUT2D eigenvalue weighted by molar-refractivity contribution is -0.255. The Morgan fingerprint density at radius 2 is 1.75 bits per heavy atom. The molecule has 1 aliphatic rings. The molecule has 0 saturated carbocycles. The van der Waals surface area contributed by atoms with Crippen molar-refractivity contribution in [2.24, 2.45) is 0 Å². The molecule has 0 amide bonds. The molecule has 1 heterocycles. The second kappa shape index (κ2) is 6.89. The average Bonchev–Trinajstić information content (AvgIpc) is 2.34. The summed E-state index contributed by atoms with van der Waals surface area (Å²) < 4.78 is 16.5. The minimum atomic E-state index is -1.89. The van der Waals surface area contributed by atoms with Crippen molar-refractivity contribution in [3.63, 3.8) is 0 Å². The Labute approximate surface area is 136 Å². The minimum Gasteiger partial charge on any atom is -0.414 e. The van der Waals surface area contributed by atoms with Gasteiger partial charge < -0.3 is 24.1 Å². The van der Waals surface area contributed by atoms with E-state index in [4.69, 9.17) is 13.9 Å². The van der Waals surface area contributed by atoms with Crippen LogP contribution in [0.15, 0.2) is 0 Å². The molecular weight excluding hydrogens is 391 g/mol. The fourth-order valence-electron chi connectivity index (χ4n) is 1.73. The first kappa shape index (κ1) is 18.8. The van der Waals surface area contributed by atoms with Crippen LogP contribution in [0.4, 0.5) is 0 Å². The highest BCUT2D eigenvalue weighted by Crippen LogP contribution is 2.37. The number of alkyl halides is 1. The summed E-state index contributed by atoms with van der Waals surface area (Å²) in [6, 6.07) is 0. The Hall–Kier alpha value is 0.747. The first-order valence-corrected chi connectivity index (χ1v) is 11.0. The normalized spacial score (nSPS) is 36.1. The molecule has 2 N–H and O–H groups in total. The van der Waals surface area contributed by atoms with Crippen molar-refractivity contribution in [1.29, 1.82) is 0 Å². The fourth-order valence-corrected chi connectivity index (χ4v) is 3.55. The molecule has 1 fully saturated rings. The van der Waals surface area contributed by atoms with Crippen molar-refractivity contribution in [2.45, 2.75) is 67.4 Å². The Morgan fingerprint density at radius 1 is 1.20 bits per heavy atom. The molecule has 120 valence electrons. The predicted molar refractivity (Wildman–Crippen MR) is 88.6 cm³/mol. The summed E-state index contributed by atoms with van der Waals surface area (Å²) in [4.78, 5) is 0. The third-order valence-corrected chi connectivity index (χ3v) is 10.2. The summed E-state index contributed by atoms with van der Waals surface area (Å²) in [7, 11) is -0.400. The molecule has 0 unspecified atom stereocenters. The second-order valence-electron chi connectivity index (χ2n) is 6.78. The first-order valence-electron chi connectivity index (χ1n) is 6.83. The van der Waals surface area contributed by atoms with Gasteiger partial charge in [0.15, 0.2) is 14.6 Å². The van der Waals surface area contributed by atoms with E-state index in [1.165, 1.54) is 7.11 Å². The van der Waals surface area contributed by atoms with Gasteiger partial charge in [-0.25, -0.2) is 0 Å². The first-order chi connectivity index (χ1) is 9.01. The molecule has 0 aliphatic carbocycles. The van der Waals surface area contributed by atoms with Gasteiger partial charge in [-0.05, 0) is 18.1 Å². The van der Waals surface area contributed by atoms with Crippen LogP contribution in [0.3, 0.4) is 0 Å². The molecule has 1 saturated heterocycles. The molecule has 1 rings (SSSR count). The van der Waals surface area contributed by atoms with Crippen molar-refractivity contribution in [1.82, 2.24) is 0 Å². The number of hydrogen-bond acceptors (Lipinski definition) is 5. The van der Waals surface area contributed by atoms with Crippen molar-refractivity contribution >= 4 is 30.9 Å². The molecular formula is C13H27IO5Si. The number of halogens is 1. The number of aliphatic hydroxyl groups excluding tert-OH is 2. The van der Waals surface area contributed by atoms with Crippen LogP contribution in [0.25, 0.3) is 0 Å². The van der Waals surface area contributed by atoms with Gasteiger partial charge in [0.1, 0.15) is 12.2 Å². The number of aliphatic hydroxyl groups is 2. The van der Waals surface area contributed by atoms with Crippen molar-refractivity contribution < 1.29 is 24.1 Å². The third kappa shape index (κ3) is 4.14. The van der Waals surface area contributed by atoms with Gasteiger partial charge in [-0.15, -0.1) is 0 Å². The quantitative estimate of drug-likeness (QED) is 0.415. The van der Waals surface area contributed by atoms with Gasteiger partial charge in [0.25, 0.3) is 0 Å². The second-order valence-corrected chi connectivity index (χ2v) is 13.0. The topological polar surface area (TPSA) is 68.2 Å². The van der Waals surface area contributed by atoms with Crippen LogP contribution in [0.2, 0.25) is 18.1 Å². The molecule has 5 nitrogen and oxygen atoms in total. The van der Waals surface area contributed by atoms with Gasteiger partial charge in [0, 0.05) is 7.11 Å². The predicted octanol–water partition coefficient (Wildman–Crippen LogP) is 1.90. The smallest absolute Gasteiger partial charge is 0.192 e. The molecule has 20 heavy (non-hydrogen) atoms. The van der Waals surface area contributed by atoms with E-state index in [0.29, 0.717) is 6.61 Å². The van der Waals surface area contributed by atoms with Gasteiger partial charge in [-0.1, -0.05) is 43.4 Å². The van der Waals surface area contributed by atoms with Crippen molar-refractivity contribution in [2.75, 3.05) is 13.7 Å². The van der Waals surface area contributed by atoms with Gasteiger partial charge in [-0.2, -0.15) is 0 Å². The highest BCUT2D eigenvalue weighted by Gasteiger charge is 2.45. The van der Waals surface area contributed by atoms with E-state index in [1.807, 2.05) is 22.6 Å². The lowest BCUT2D eigenvalue weighted by atomic mass is 10.0. The number of ether oxygens (including phenoxy) is 2. The highest BCUT2D eigenvalue weighted by molar-refractivity contribution is 14.1. The Morgan fingerprint density at radius 3 is 2.20 bits per heavy atom. The van der Waals surface area contributed by atoms with E-state index in [0.717, 1.165) is 0 Å². The molecule has 7 heteroatoms. The molecule has 0 aromatic rings. The fraction of sp³-hybridized carbons (Fsp3) is 1.00. The third-order valence-electron chi connectivity index (χ3n) is 4.27. The zero-order chi connectivity index (χ0) is 15.7. The molecule has 0 radical (unpaired) electrons. The monoisotopic (exact) mass is 418 g/mol. The van der Waals surface area contributed by atoms with E-state index in [-0.39, 0.29) is 8.96 Å². The number of methoxy groups -OCH3 is 1. The van der Waals surface area contributed by atoms with Crippen LogP contribution in [0.5, 0.6) is 0 Å². The van der Waals surface area contributed by atoms with Gasteiger partial charge in [0.05, 0.1) is 16.6 Å². The molecule has 5 atom stereocenters. The average molecular weight is 418 g/mol. The summed E-state index contributed by atoms with van der Waals surface area (Å²) in [6.45, 7) is 11.1. The van der Waals surface area contributed by atoms with Crippen molar-refractivity contribution in [3.05, 3.63) is 0 Å². The lowest BCUT2D eigenvalue weighted by Gasteiger charge is -2.42. The van der Waals surface area contributed by atoms with E-state index in [9.17, 15) is 10.2 Å². The summed E-state index contributed by atoms with van der Waals surface area (Å²) in [5, 5.41) is 20.2. The van der Waals surface area contributed by atoms with Crippen LogP contribution >= 0.6 is 22.6 Å². The van der Waals surface area contributed by atoms with Crippen LogP contribution in [-0.2, 0) is 13.9 Å². The molecule has 0 bridgehead atoms. The van der Waals surface area contributed by atoms with Gasteiger partial charge in [0.2, 0.25) is 0 Å². The largest absolute Gasteiger partial charge is 0.414 e. The van der Waals surface area contributed by atoms with E-state index in [2.05, 4.69) is 33.9 Å². The minimum absolute atomic E-state index is 0.108. The van der Waals surface area contributed by atoms with E-state index >= 15 is 0 Å². The standard InChI is InChI=1S/C13H27IO5Si/c1-13(2,3)20(5,6)18-7-8-10(15)9(14)11(16)12(17-4)19-8/h8-12,15-16H,7H2,1-6H3/t8-,9-,10-,11-,12+/m1/s1. The Kier molecular flexibility index (Phi) is 6.47. The van der Waals surface area contributed by atoms with Crippen molar-refractivity contribution in [3.8, 4) is 0 Å². The molecule has 1 aliphatic heterocycles. The maximum atomic E-state index is 10.2. The van der Waals surface area contributed by atoms with E-state index in [1.54, 1.807) is 0 Å². The van der Waals surface area contributed by atoms with E-state index < -0.39 is 32.9 Å². The zero-order valence-corrected chi connectivity index (χ0v) is 16.2. The zero-order valence-electron chi connectivity index (χ0n) is 13.1. The highest BCUT2D eigenvalue weighted by atomic mass is 127. The molecule has 0 spiro atoms. The molecule has 0 aromatic carbocycles.